The van der Waals surface area contributed by atoms with Crippen molar-refractivity contribution in [2.75, 3.05) is 12.4 Å². The van der Waals surface area contributed by atoms with Gasteiger partial charge >= 0.3 is 0 Å². The van der Waals surface area contributed by atoms with E-state index in [2.05, 4.69) is 22.0 Å². The highest BCUT2D eigenvalue weighted by Gasteiger charge is 2.28. The summed E-state index contributed by atoms with van der Waals surface area (Å²) in [6.07, 6.45) is 3.03. The van der Waals surface area contributed by atoms with Crippen LogP contribution in [0.5, 0.6) is 0 Å². The molecule has 0 aliphatic carbocycles. The van der Waals surface area contributed by atoms with Crippen LogP contribution in [0, 0.1) is 0 Å². The Morgan fingerprint density at radius 1 is 1.33 bits per heavy atom. The molecule has 1 heterocycles. The first kappa shape index (κ1) is 10.4. The van der Waals surface area contributed by atoms with Crippen molar-refractivity contribution >= 4 is 27.5 Å². The average Bonchev–Trinajstić information content (AvgIpc) is 2.51. The van der Waals surface area contributed by atoms with Crippen molar-refractivity contribution in [2.24, 2.45) is 0 Å². The summed E-state index contributed by atoms with van der Waals surface area (Å²) in [6, 6.07) is 7.74. The van der Waals surface area contributed by atoms with Crippen molar-refractivity contribution < 1.29 is 4.79 Å². The fourth-order valence-corrected chi connectivity index (χ4v) is 2.03. The molecule has 0 unspecified atom stereocenters. The summed E-state index contributed by atoms with van der Waals surface area (Å²) in [4.78, 5) is 13.6. The molecule has 0 saturated heterocycles. The second kappa shape index (κ2) is 4.19. The lowest BCUT2D eigenvalue weighted by molar-refractivity contribution is 0.0874. The predicted molar refractivity (Wildman–Crippen MR) is 64.9 cm³/mol. The zero-order valence-corrected chi connectivity index (χ0v) is 10.1. The molecular weight excluding hydrogens is 254 g/mol. The van der Waals surface area contributed by atoms with E-state index in [0.717, 1.165) is 28.6 Å². The summed E-state index contributed by atoms with van der Waals surface area (Å²) in [5.74, 6) is 0.0893. The Balaban J connectivity index is 2.47. The maximum absolute atomic E-state index is 11.8. The van der Waals surface area contributed by atoms with Gasteiger partial charge in [0.05, 0.1) is 0 Å². The van der Waals surface area contributed by atoms with Gasteiger partial charge in [-0.2, -0.15) is 0 Å². The van der Waals surface area contributed by atoms with Gasteiger partial charge in [0.1, 0.15) is 0 Å². The van der Waals surface area contributed by atoms with Crippen LogP contribution in [0.25, 0.3) is 5.70 Å². The normalized spacial score (nSPS) is 17.3. The molecule has 78 valence electrons. The third kappa shape index (κ3) is 1.72. The first-order chi connectivity index (χ1) is 7.25. The average molecular weight is 266 g/mol. The van der Waals surface area contributed by atoms with Crippen LogP contribution >= 0.6 is 15.9 Å². The zero-order chi connectivity index (χ0) is 10.8. The lowest BCUT2D eigenvalue weighted by atomic mass is 10.1. The summed E-state index contributed by atoms with van der Waals surface area (Å²) in [5, 5.41) is 0.917. The van der Waals surface area contributed by atoms with Crippen molar-refractivity contribution in [1.82, 2.24) is 4.90 Å². The number of carbonyl (C=O) groups is 1. The highest BCUT2D eigenvalue weighted by atomic mass is 79.9. The summed E-state index contributed by atoms with van der Waals surface area (Å²) in [6.45, 7) is 0. The van der Waals surface area contributed by atoms with Crippen LogP contribution < -0.4 is 0 Å². The van der Waals surface area contributed by atoms with Crippen LogP contribution in [0.4, 0.5) is 0 Å². The lowest BCUT2D eigenvalue weighted by Crippen LogP contribution is -2.17. The van der Waals surface area contributed by atoms with Crippen LogP contribution in [-0.2, 0) is 0 Å². The molecule has 0 radical (unpaired) electrons. The molecule has 0 atom stereocenters. The van der Waals surface area contributed by atoms with E-state index in [1.54, 1.807) is 4.90 Å². The zero-order valence-electron chi connectivity index (χ0n) is 8.53. The lowest BCUT2D eigenvalue weighted by Gasteiger charge is -2.10. The van der Waals surface area contributed by atoms with E-state index in [0.29, 0.717) is 0 Å². The SMILES string of the molecule is CN1C(=O)c2ccccc2/C1=C/CCBr. The monoisotopic (exact) mass is 265 g/mol. The number of amides is 1. The second-order valence-electron chi connectivity index (χ2n) is 3.48. The van der Waals surface area contributed by atoms with Gasteiger partial charge in [0.25, 0.3) is 5.91 Å². The number of nitrogens with zero attached hydrogens (tertiary/aromatic N) is 1. The van der Waals surface area contributed by atoms with E-state index in [-0.39, 0.29) is 5.91 Å². The molecule has 1 amide bonds. The summed E-state index contributed by atoms with van der Waals surface area (Å²) in [5.41, 5.74) is 2.88. The molecule has 0 spiro atoms. The standard InChI is InChI=1S/C12H12BrNO/c1-14-11(7-4-8-13)9-5-2-3-6-10(9)12(14)15/h2-3,5-7H,4,8H2,1H3/b11-7-. The van der Waals surface area contributed by atoms with Crippen molar-refractivity contribution in [3.05, 3.63) is 41.5 Å². The van der Waals surface area contributed by atoms with Gasteiger partial charge in [-0.3, -0.25) is 4.79 Å². The number of carbonyl (C=O) groups excluding carboxylic acids is 1. The van der Waals surface area contributed by atoms with Gasteiger partial charge < -0.3 is 4.90 Å². The Kier molecular flexibility index (Phi) is 2.91. The first-order valence-electron chi connectivity index (χ1n) is 4.89. The molecule has 0 aromatic heterocycles. The van der Waals surface area contributed by atoms with E-state index >= 15 is 0 Å². The smallest absolute Gasteiger partial charge is 0.258 e. The molecule has 1 aliphatic heterocycles. The fourth-order valence-electron chi connectivity index (χ4n) is 1.80. The van der Waals surface area contributed by atoms with E-state index in [9.17, 15) is 4.79 Å². The van der Waals surface area contributed by atoms with Gasteiger partial charge in [-0.15, -0.1) is 0 Å². The van der Waals surface area contributed by atoms with Crippen LogP contribution in [0.3, 0.4) is 0 Å². The van der Waals surface area contributed by atoms with Crippen LogP contribution in [-0.4, -0.2) is 23.2 Å². The Hall–Kier alpha value is -1.09. The molecule has 0 fully saturated rings. The molecule has 0 saturated carbocycles. The highest BCUT2D eigenvalue weighted by Crippen LogP contribution is 2.31. The molecule has 1 aromatic carbocycles. The van der Waals surface area contributed by atoms with Gasteiger partial charge in [-0.05, 0) is 12.5 Å². The highest BCUT2D eigenvalue weighted by molar-refractivity contribution is 9.09. The molecule has 0 N–H and O–H groups in total. The van der Waals surface area contributed by atoms with Gasteiger partial charge in [0, 0.05) is 29.2 Å². The van der Waals surface area contributed by atoms with E-state index in [1.165, 1.54) is 0 Å². The van der Waals surface area contributed by atoms with E-state index < -0.39 is 0 Å². The Morgan fingerprint density at radius 2 is 2.00 bits per heavy atom. The Morgan fingerprint density at radius 3 is 2.67 bits per heavy atom. The van der Waals surface area contributed by atoms with Gasteiger partial charge in [0.2, 0.25) is 0 Å². The topological polar surface area (TPSA) is 20.3 Å². The van der Waals surface area contributed by atoms with Crippen molar-refractivity contribution in [1.29, 1.82) is 0 Å². The minimum atomic E-state index is 0.0893. The predicted octanol–water partition coefficient (Wildman–Crippen LogP) is 2.90. The number of hydrogen-bond acceptors (Lipinski definition) is 1. The number of allylic oxidation sites excluding steroid dienone is 1. The van der Waals surface area contributed by atoms with Crippen molar-refractivity contribution in [3.8, 4) is 0 Å². The second-order valence-corrected chi connectivity index (χ2v) is 4.27. The minimum absolute atomic E-state index is 0.0893. The molecular formula is C12H12BrNO. The fraction of sp³-hybridized carbons (Fsp3) is 0.250. The number of rotatable bonds is 2. The number of alkyl halides is 1. The van der Waals surface area contributed by atoms with Crippen molar-refractivity contribution in [2.45, 2.75) is 6.42 Å². The van der Waals surface area contributed by atoms with Crippen LogP contribution in [0.1, 0.15) is 22.3 Å². The first-order valence-corrected chi connectivity index (χ1v) is 6.01. The van der Waals surface area contributed by atoms with Gasteiger partial charge in [-0.25, -0.2) is 0 Å². The van der Waals surface area contributed by atoms with Crippen molar-refractivity contribution in [3.63, 3.8) is 0 Å². The molecule has 3 heteroatoms. The summed E-state index contributed by atoms with van der Waals surface area (Å²) < 4.78 is 0. The van der Waals surface area contributed by atoms with Gasteiger partial charge in [0.15, 0.2) is 0 Å². The summed E-state index contributed by atoms with van der Waals surface area (Å²) in [7, 11) is 1.82. The molecule has 2 rings (SSSR count). The number of fused-ring (bicyclic) bond motifs is 1. The van der Waals surface area contributed by atoms with Gasteiger partial charge in [-0.1, -0.05) is 40.2 Å². The minimum Gasteiger partial charge on any atom is -0.311 e. The third-order valence-corrected chi connectivity index (χ3v) is 3.00. The number of hydrogen-bond donors (Lipinski definition) is 0. The molecule has 0 bridgehead atoms. The molecule has 1 aromatic rings. The molecule has 2 nitrogen and oxygen atoms in total. The van der Waals surface area contributed by atoms with E-state index in [4.69, 9.17) is 0 Å². The van der Waals surface area contributed by atoms with Crippen LogP contribution in [0.2, 0.25) is 0 Å². The molecule has 15 heavy (non-hydrogen) atoms. The molecule has 1 aliphatic rings. The number of benzene rings is 1. The van der Waals surface area contributed by atoms with Crippen LogP contribution in [0.15, 0.2) is 30.3 Å². The Bertz CT molecular complexity index is 425. The third-order valence-electron chi connectivity index (χ3n) is 2.55. The Labute approximate surface area is 97.7 Å². The number of halogens is 1. The maximum atomic E-state index is 11.8. The largest absolute Gasteiger partial charge is 0.311 e. The van der Waals surface area contributed by atoms with E-state index in [1.807, 2.05) is 31.3 Å². The quantitative estimate of drug-likeness (QED) is 0.754. The summed E-state index contributed by atoms with van der Waals surface area (Å²) >= 11 is 3.38. The maximum Gasteiger partial charge on any atom is 0.258 e.